The number of nitrogens with zero attached hydrogens (tertiary/aromatic N) is 3. The van der Waals surface area contributed by atoms with Gasteiger partial charge in [0.1, 0.15) is 0 Å². The van der Waals surface area contributed by atoms with Crippen molar-refractivity contribution in [2.24, 2.45) is 7.05 Å². The lowest BCUT2D eigenvalue weighted by Crippen LogP contribution is -2.61. The molecule has 0 aromatic carbocycles. The average molecular weight is 248 g/mol. The van der Waals surface area contributed by atoms with Crippen LogP contribution in [-0.2, 0) is 13.6 Å². The van der Waals surface area contributed by atoms with Crippen molar-refractivity contribution in [3.63, 3.8) is 0 Å². The summed E-state index contributed by atoms with van der Waals surface area (Å²) in [5.74, 6) is 0. The van der Waals surface area contributed by atoms with Crippen molar-refractivity contribution in [2.75, 3.05) is 19.6 Å². The van der Waals surface area contributed by atoms with Crippen LogP contribution in [0, 0.1) is 0 Å². The number of aromatic nitrogens is 2. The largest absolute Gasteiger partial charge is 0.314 e. The maximum Gasteiger partial charge on any atom is 0.0521 e. The summed E-state index contributed by atoms with van der Waals surface area (Å²) in [5, 5.41) is 7.90. The molecular formula is C14H24N4. The smallest absolute Gasteiger partial charge is 0.0521 e. The van der Waals surface area contributed by atoms with Crippen molar-refractivity contribution in [2.45, 2.75) is 44.2 Å². The van der Waals surface area contributed by atoms with Gasteiger partial charge in [-0.25, -0.2) is 0 Å². The molecule has 1 N–H and O–H groups in total. The van der Waals surface area contributed by atoms with Crippen molar-refractivity contribution in [1.82, 2.24) is 20.0 Å². The molecule has 1 saturated carbocycles. The molecule has 1 aromatic heterocycles. The Bertz CT molecular complexity index is 384. The molecular weight excluding hydrogens is 224 g/mol. The third kappa shape index (κ3) is 2.19. The molecule has 1 saturated heterocycles. The lowest BCUT2D eigenvalue weighted by atomic mass is 9.79. The molecule has 0 unspecified atom stereocenters. The molecule has 3 rings (SSSR count). The van der Waals surface area contributed by atoms with E-state index in [9.17, 15) is 0 Å². The summed E-state index contributed by atoms with van der Waals surface area (Å²) >= 11 is 0. The molecule has 1 aliphatic heterocycles. The molecule has 4 heteroatoms. The summed E-state index contributed by atoms with van der Waals surface area (Å²) in [7, 11) is 2.05. The maximum absolute atomic E-state index is 4.29. The number of hydrogen-bond acceptors (Lipinski definition) is 3. The predicted octanol–water partition coefficient (Wildman–Crippen LogP) is 1.53. The Morgan fingerprint density at radius 2 is 2.17 bits per heavy atom. The van der Waals surface area contributed by atoms with Crippen LogP contribution in [0.3, 0.4) is 0 Å². The highest BCUT2D eigenvalue weighted by molar-refractivity contribution is 5.05. The molecule has 4 nitrogen and oxygen atoms in total. The first-order chi connectivity index (χ1) is 8.80. The van der Waals surface area contributed by atoms with Crippen LogP contribution in [0.2, 0.25) is 0 Å². The minimum absolute atomic E-state index is 0.417. The third-order valence-electron chi connectivity index (χ3n) is 4.74. The predicted molar refractivity (Wildman–Crippen MR) is 72.3 cm³/mol. The Kier molecular flexibility index (Phi) is 3.39. The highest BCUT2D eigenvalue weighted by Gasteiger charge is 2.39. The Morgan fingerprint density at radius 1 is 1.33 bits per heavy atom. The fourth-order valence-corrected chi connectivity index (χ4v) is 3.59. The van der Waals surface area contributed by atoms with Crippen LogP contribution in [0.5, 0.6) is 0 Å². The summed E-state index contributed by atoms with van der Waals surface area (Å²) in [6, 6.07) is 2.15. The minimum Gasteiger partial charge on any atom is -0.314 e. The quantitative estimate of drug-likeness (QED) is 0.861. The van der Waals surface area contributed by atoms with E-state index < -0.39 is 0 Å². The van der Waals surface area contributed by atoms with E-state index in [1.54, 1.807) is 0 Å². The standard InChI is InChI=1S/C14H24N4/c1-17-13(5-8-16-17)11-18-10-9-15-12-14(18)6-3-2-4-7-14/h5,8,15H,2-4,6-7,9-12H2,1H3. The van der Waals surface area contributed by atoms with E-state index >= 15 is 0 Å². The number of hydrogen-bond donors (Lipinski definition) is 1. The lowest BCUT2D eigenvalue weighted by molar-refractivity contribution is 0.0191. The Hall–Kier alpha value is -0.870. The molecule has 1 aliphatic carbocycles. The van der Waals surface area contributed by atoms with Gasteiger partial charge in [-0.1, -0.05) is 19.3 Å². The van der Waals surface area contributed by atoms with E-state index in [-0.39, 0.29) is 0 Å². The number of nitrogens with one attached hydrogen (secondary N) is 1. The highest BCUT2D eigenvalue weighted by atomic mass is 15.3. The zero-order valence-electron chi connectivity index (χ0n) is 11.4. The first kappa shape index (κ1) is 12.2. The average Bonchev–Trinajstić information content (AvgIpc) is 2.79. The van der Waals surface area contributed by atoms with E-state index in [0.717, 1.165) is 13.1 Å². The van der Waals surface area contributed by atoms with Gasteiger partial charge in [-0.3, -0.25) is 9.58 Å². The highest BCUT2D eigenvalue weighted by Crippen LogP contribution is 2.35. The minimum atomic E-state index is 0.417. The van der Waals surface area contributed by atoms with Crippen LogP contribution in [0.15, 0.2) is 12.3 Å². The fourth-order valence-electron chi connectivity index (χ4n) is 3.59. The van der Waals surface area contributed by atoms with Crippen LogP contribution >= 0.6 is 0 Å². The monoisotopic (exact) mass is 248 g/mol. The van der Waals surface area contributed by atoms with Gasteiger partial charge in [0.05, 0.1) is 5.69 Å². The van der Waals surface area contributed by atoms with Gasteiger partial charge in [-0.15, -0.1) is 0 Å². The Morgan fingerprint density at radius 3 is 2.89 bits per heavy atom. The van der Waals surface area contributed by atoms with E-state index in [2.05, 4.69) is 21.4 Å². The first-order valence-corrected chi connectivity index (χ1v) is 7.23. The zero-order valence-corrected chi connectivity index (χ0v) is 11.4. The summed E-state index contributed by atoms with van der Waals surface area (Å²) < 4.78 is 2.01. The van der Waals surface area contributed by atoms with Gasteiger partial charge in [0.25, 0.3) is 0 Å². The molecule has 2 heterocycles. The molecule has 1 spiro atoms. The SMILES string of the molecule is Cn1nccc1CN1CCNCC12CCCCC2. The second-order valence-electron chi connectivity index (χ2n) is 5.83. The topological polar surface area (TPSA) is 33.1 Å². The molecule has 18 heavy (non-hydrogen) atoms. The van der Waals surface area contributed by atoms with E-state index in [4.69, 9.17) is 0 Å². The summed E-state index contributed by atoms with van der Waals surface area (Å²) in [4.78, 5) is 2.71. The van der Waals surface area contributed by atoms with Gasteiger partial charge in [0.15, 0.2) is 0 Å². The second-order valence-corrected chi connectivity index (χ2v) is 5.83. The molecule has 2 aliphatic rings. The van der Waals surface area contributed by atoms with E-state index in [1.807, 2.05) is 17.9 Å². The Balaban J connectivity index is 1.77. The second kappa shape index (κ2) is 5.02. The zero-order chi connectivity index (χ0) is 12.4. The van der Waals surface area contributed by atoms with Crippen molar-refractivity contribution >= 4 is 0 Å². The van der Waals surface area contributed by atoms with Crippen molar-refractivity contribution in [1.29, 1.82) is 0 Å². The van der Waals surface area contributed by atoms with Crippen molar-refractivity contribution in [3.8, 4) is 0 Å². The number of aryl methyl sites for hydroxylation is 1. The van der Waals surface area contributed by atoms with Crippen LogP contribution in [0.4, 0.5) is 0 Å². The molecule has 0 amide bonds. The molecule has 1 aromatic rings. The summed E-state index contributed by atoms with van der Waals surface area (Å²) in [5.41, 5.74) is 1.75. The Labute approximate surface area is 109 Å². The van der Waals surface area contributed by atoms with Crippen molar-refractivity contribution < 1.29 is 0 Å². The number of piperazine rings is 1. The van der Waals surface area contributed by atoms with Crippen LogP contribution in [0.1, 0.15) is 37.8 Å². The number of rotatable bonds is 2. The molecule has 100 valence electrons. The first-order valence-electron chi connectivity index (χ1n) is 7.23. The van der Waals surface area contributed by atoms with Crippen LogP contribution in [-0.4, -0.2) is 39.9 Å². The molecule has 0 radical (unpaired) electrons. The molecule has 0 bridgehead atoms. The molecule has 0 atom stereocenters. The van der Waals surface area contributed by atoms with Crippen molar-refractivity contribution in [3.05, 3.63) is 18.0 Å². The fraction of sp³-hybridized carbons (Fsp3) is 0.786. The van der Waals surface area contributed by atoms with Gasteiger partial charge in [-0.05, 0) is 18.9 Å². The summed E-state index contributed by atoms with van der Waals surface area (Å²) in [6.07, 6.45) is 8.83. The third-order valence-corrected chi connectivity index (χ3v) is 4.74. The van der Waals surface area contributed by atoms with Gasteiger partial charge in [-0.2, -0.15) is 5.10 Å². The van der Waals surface area contributed by atoms with Gasteiger partial charge < -0.3 is 5.32 Å². The van der Waals surface area contributed by atoms with E-state index in [0.29, 0.717) is 5.54 Å². The van der Waals surface area contributed by atoms with Gasteiger partial charge in [0.2, 0.25) is 0 Å². The van der Waals surface area contributed by atoms with E-state index in [1.165, 1.54) is 50.9 Å². The van der Waals surface area contributed by atoms with Gasteiger partial charge >= 0.3 is 0 Å². The summed E-state index contributed by atoms with van der Waals surface area (Å²) in [6.45, 7) is 4.52. The van der Waals surface area contributed by atoms with Crippen LogP contribution < -0.4 is 5.32 Å². The molecule has 2 fully saturated rings. The normalized spacial score (nSPS) is 24.5. The maximum atomic E-state index is 4.29. The van der Waals surface area contributed by atoms with Crippen LogP contribution in [0.25, 0.3) is 0 Å². The van der Waals surface area contributed by atoms with Gasteiger partial charge in [0, 0.05) is 45.0 Å². The lowest BCUT2D eigenvalue weighted by Gasteiger charge is -2.50.